The molecule has 8 nitrogen and oxygen atoms in total. The van der Waals surface area contributed by atoms with E-state index in [1.165, 1.54) is 10.5 Å². The number of likely N-dealkylation sites (N-methyl/N-ethyl adjacent to an activating group) is 1. The number of carbonyl (C=O) groups is 2. The van der Waals surface area contributed by atoms with Crippen LogP contribution in [0.3, 0.4) is 0 Å². The van der Waals surface area contributed by atoms with E-state index in [9.17, 15) is 9.59 Å². The summed E-state index contributed by atoms with van der Waals surface area (Å²) in [5.41, 5.74) is 5.16. The zero-order chi connectivity index (χ0) is 22.4. The van der Waals surface area contributed by atoms with Gasteiger partial charge in [0.2, 0.25) is 0 Å². The zero-order valence-electron chi connectivity index (χ0n) is 18.2. The van der Waals surface area contributed by atoms with E-state index in [1.54, 1.807) is 7.05 Å². The van der Waals surface area contributed by atoms with Crippen LogP contribution in [0.2, 0.25) is 0 Å². The molecule has 0 atom stereocenters. The molecule has 1 aromatic heterocycles. The highest BCUT2D eigenvalue weighted by molar-refractivity contribution is 5.89. The van der Waals surface area contributed by atoms with Gasteiger partial charge in [-0.25, -0.2) is 4.79 Å². The maximum atomic E-state index is 12.4. The monoisotopic (exact) mass is 421 g/mol. The number of hydrogen-bond acceptors (Lipinski definition) is 5. The highest BCUT2D eigenvalue weighted by Gasteiger charge is 2.16. The molecule has 0 spiro atoms. The van der Waals surface area contributed by atoms with Crippen LogP contribution in [0, 0.1) is 20.8 Å². The molecular formula is C23H27N5O3. The van der Waals surface area contributed by atoms with Gasteiger partial charge >= 0.3 is 17.8 Å². The highest BCUT2D eigenvalue weighted by atomic mass is 16.5. The first-order valence-corrected chi connectivity index (χ1v) is 10.1. The van der Waals surface area contributed by atoms with Crippen molar-refractivity contribution in [3.63, 3.8) is 0 Å². The van der Waals surface area contributed by atoms with Crippen LogP contribution in [-0.4, -0.2) is 40.6 Å². The van der Waals surface area contributed by atoms with Crippen LogP contribution in [0.5, 0.6) is 0 Å². The quantitative estimate of drug-likeness (QED) is 0.607. The molecular weight excluding hydrogens is 394 g/mol. The standard InChI is InChI=1S/C23H27N5O3/c1-15-5-8-18(9-6-15)14-24-21(29)22-26-20(27-31-22)11-12-28(4)23(30)25-19-10-7-16(2)17(3)13-19/h5-10,13H,11-12,14H2,1-4H3,(H,24,29)(H,25,30). The van der Waals surface area contributed by atoms with Crippen molar-refractivity contribution in [2.45, 2.75) is 33.7 Å². The van der Waals surface area contributed by atoms with Crippen LogP contribution in [-0.2, 0) is 13.0 Å². The summed E-state index contributed by atoms with van der Waals surface area (Å²) in [6.07, 6.45) is 0.367. The van der Waals surface area contributed by atoms with Crippen LogP contribution in [0.4, 0.5) is 10.5 Å². The number of amides is 3. The third-order valence-electron chi connectivity index (χ3n) is 5.01. The molecule has 3 amide bonds. The van der Waals surface area contributed by atoms with Gasteiger partial charge in [-0.15, -0.1) is 0 Å². The van der Waals surface area contributed by atoms with Crippen molar-refractivity contribution < 1.29 is 14.1 Å². The Morgan fingerprint density at radius 1 is 1.03 bits per heavy atom. The number of benzene rings is 2. The van der Waals surface area contributed by atoms with Gasteiger partial charge in [-0.2, -0.15) is 4.98 Å². The molecule has 0 aliphatic rings. The molecule has 0 aliphatic heterocycles. The maximum absolute atomic E-state index is 12.4. The van der Waals surface area contributed by atoms with E-state index in [0.29, 0.717) is 25.3 Å². The molecule has 0 bridgehead atoms. The molecule has 0 radical (unpaired) electrons. The van der Waals surface area contributed by atoms with Crippen LogP contribution in [0.15, 0.2) is 47.0 Å². The van der Waals surface area contributed by atoms with Crippen molar-refractivity contribution >= 4 is 17.6 Å². The molecule has 8 heteroatoms. The predicted molar refractivity (Wildman–Crippen MR) is 118 cm³/mol. The lowest BCUT2D eigenvalue weighted by Gasteiger charge is -2.17. The Bertz CT molecular complexity index is 1060. The molecule has 31 heavy (non-hydrogen) atoms. The molecule has 2 N–H and O–H groups in total. The summed E-state index contributed by atoms with van der Waals surface area (Å²) in [4.78, 5) is 30.2. The smallest absolute Gasteiger partial charge is 0.321 e. The second-order valence-electron chi connectivity index (χ2n) is 7.58. The molecule has 0 saturated heterocycles. The summed E-state index contributed by atoms with van der Waals surface area (Å²) in [6.45, 7) is 6.78. The van der Waals surface area contributed by atoms with Gasteiger partial charge in [0.1, 0.15) is 0 Å². The van der Waals surface area contributed by atoms with E-state index < -0.39 is 5.91 Å². The van der Waals surface area contributed by atoms with Gasteiger partial charge < -0.3 is 20.1 Å². The fraction of sp³-hybridized carbons (Fsp3) is 0.304. The third kappa shape index (κ3) is 6.15. The van der Waals surface area contributed by atoms with Crippen LogP contribution in [0.25, 0.3) is 0 Å². The summed E-state index contributed by atoms with van der Waals surface area (Å²) >= 11 is 0. The van der Waals surface area contributed by atoms with E-state index in [0.717, 1.165) is 22.4 Å². The molecule has 0 unspecified atom stereocenters. The van der Waals surface area contributed by atoms with Crippen molar-refractivity contribution in [1.29, 1.82) is 0 Å². The Morgan fingerprint density at radius 2 is 1.77 bits per heavy atom. The van der Waals surface area contributed by atoms with Crippen molar-refractivity contribution in [3.05, 3.63) is 76.4 Å². The largest absolute Gasteiger partial charge is 0.344 e. The minimum atomic E-state index is -0.430. The lowest BCUT2D eigenvalue weighted by atomic mass is 10.1. The van der Waals surface area contributed by atoms with Gasteiger partial charge in [-0.3, -0.25) is 4.79 Å². The lowest BCUT2D eigenvalue weighted by Crippen LogP contribution is -2.33. The summed E-state index contributed by atoms with van der Waals surface area (Å²) < 4.78 is 5.05. The minimum Gasteiger partial charge on any atom is -0.344 e. The molecule has 0 saturated carbocycles. The first kappa shape index (κ1) is 22.0. The topological polar surface area (TPSA) is 100 Å². The van der Waals surface area contributed by atoms with Crippen molar-refractivity contribution in [3.8, 4) is 0 Å². The number of urea groups is 1. The van der Waals surface area contributed by atoms with E-state index in [1.807, 2.05) is 63.2 Å². The Kier molecular flexibility index (Phi) is 7.02. The fourth-order valence-corrected chi connectivity index (χ4v) is 2.82. The summed E-state index contributed by atoms with van der Waals surface area (Å²) in [5.74, 6) is -0.157. The van der Waals surface area contributed by atoms with Crippen LogP contribution < -0.4 is 10.6 Å². The van der Waals surface area contributed by atoms with Gasteiger partial charge in [0.25, 0.3) is 0 Å². The number of nitrogens with one attached hydrogen (secondary N) is 2. The number of rotatable bonds is 7. The molecule has 0 fully saturated rings. The van der Waals surface area contributed by atoms with Crippen LogP contribution in [0.1, 0.15) is 38.8 Å². The number of aromatic nitrogens is 2. The number of nitrogens with zero attached hydrogens (tertiary/aromatic N) is 3. The maximum Gasteiger partial charge on any atom is 0.321 e. The van der Waals surface area contributed by atoms with Crippen LogP contribution >= 0.6 is 0 Å². The Balaban J connectivity index is 1.47. The average molecular weight is 422 g/mol. The third-order valence-corrected chi connectivity index (χ3v) is 5.01. The Labute approximate surface area is 181 Å². The first-order valence-electron chi connectivity index (χ1n) is 10.1. The van der Waals surface area contributed by atoms with Gasteiger partial charge in [-0.05, 0) is 49.6 Å². The molecule has 162 valence electrons. The predicted octanol–water partition coefficient (Wildman–Crippen LogP) is 3.63. The van der Waals surface area contributed by atoms with Crippen molar-refractivity contribution in [2.75, 3.05) is 18.9 Å². The van der Waals surface area contributed by atoms with Gasteiger partial charge in [-0.1, -0.05) is 41.1 Å². The fourth-order valence-electron chi connectivity index (χ4n) is 2.82. The van der Waals surface area contributed by atoms with Gasteiger partial charge in [0.05, 0.1) is 0 Å². The van der Waals surface area contributed by atoms with Crippen molar-refractivity contribution in [1.82, 2.24) is 20.4 Å². The lowest BCUT2D eigenvalue weighted by molar-refractivity contribution is 0.0907. The second-order valence-corrected chi connectivity index (χ2v) is 7.58. The number of anilines is 1. The number of aryl methyl sites for hydroxylation is 3. The van der Waals surface area contributed by atoms with E-state index in [2.05, 4.69) is 20.8 Å². The van der Waals surface area contributed by atoms with E-state index in [4.69, 9.17) is 4.52 Å². The molecule has 2 aromatic carbocycles. The van der Waals surface area contributed by atoms with E-state index in [-0.39, 0.29) is 11.9 Å². The highest BCUT2D eigenvalue weighted by Crippen LogP contribution is 2.14. The Hall–Kier alpha value is -3.68. The molecule has 1 heterocycles. The van der Waals surface area contributed by atoms with E-state index >= 15 is 0 Å². The first-order chi connectivity index (χ1) is 14.8. The number of hydrogen-bond donors (Lipinski definition) is 2. The average Bonchev–Trinajstić information content (AvgIpc) is 3.23. The second kappa shape index (κ2) is 9.88. The number of carbonyl (C=O) groups excluding carboxylic acids is 2. The zero-order valence-corrected chi connectivity index (χ0v) is 18.2. The molecule has 3 aromatic rings. The SMILES string of the molecule is Cc1ccc(CNC(=O)c2nc(CCN(C)C(=O)Nc3ccc(C)c(C)c3)no2)cc1. The van der Waals surface area contributed by atoms with Gasteiger partial charge in [0.15, 0.2) is 5.82 Å². The molecule has 3 rings (SSSR count). The summed E-state index contributed by atoms with van der Waals surface area (Å²) in [7, 11) is 1.69. The molecule has 0 aliphatic carbocycles. The normalized spacial score (nSPS) is 10.6. The summed E-state index contributed by atoms with van der Waals surface area (Å²) in [6, 6.07) is 13.4. The minimum absolute atomic E-state index is 0.0932. The Morgan fingerprint density at radius 3 is 2.48 bits per heavy atom. The van der Waals surface area contributed by atoms with Crippen molar-refractivity contribution in [2.24, 2.45) is 0 Å². The summed E-state index contributed by atoms with van der Waals surface area (Å²) in [5, 5.41) is 9.46. The van der Waals surface area contributed by atoms with Gasteiger partial charge in [0, 0.05) is 32.2 Å².